The van der Waals surface area contributed by atoms with Crippen LogP contribution in [0.15, 0.2) is 18.2 Å². The molecule has 0 spiro atoms. The van der Waals surface area contributed by atoms with Crippen LogP contribution in [0.25, 0.3) is 0 Å². The summed E-state index contributed by atoms with van der Waals surface area (Å²) in [5.74, 6) is -0.0956. The first kappa shape index (κ1) is 13.5. The first-order valence-electron chi connectivity index (χ1n) is 5.54. The van der Waals surface area contributed by atoms with Gasteiger partial charge in [-0.3, -0.25) is 4.79 Å². The van der Waals surface area contributed by atoms with Crippen LogP contribution in [-0.4, -0.2) is 24.7 Å². The fourth-order valence-corrected chi connectivity index (χ4v) is 1.89. The van der Waals surface area contributed by atoms with Gasteiger partial charge in [0.2, 0.25) is 0 Å². The third-order valence-electron chi connectivity index (χ3n) is 3.15. The number of ether oxygens (including phenoxy) is 1. The van der Waals surface area contributed by atoms with Gasteiger partial charge in [0.25, 0.3) is 0 Å². The number of hydrogen-bond donors (Lipinski definition) is 2. The minimum Gasteiger partial charge on any atom is -0.496 e. The molecule has 0 heterocycles. The SMILES string of the molecule is COc1ccc(C(C)(CCN)C(=O)O)cc1C. The fourth-order valence-electron chi connectivity index (χ4n) is 1.89. The summed E-state index contributed by atoms with van der Waals surface area (Å²) >= 11 is 0. The zero-order chi connectivity index (χ0) is 13.1. The molecule has 0 radical (unpaired) electrons. The van der Waals surface area contributed by atoms with Gasteiger partial charge in [0, 0.05) is 0 Å². The van der Waals surface area contributed by atoms with Crippen molar-refractivity contribution in [1.82, 2.24) is 0 Å². The van der Waals surface area contributed by atoms with Crippen molar-refractivity contribution < 1.29 is 14.6 Å². The zero-order valence-electron chi connectivity index (χ0n) is 10.5. The molecule has 0 saturated carbocycles. The number of nitrogens with two attached hydrogens (primary N) is 1. The number of carboxylic acid groups (broad SMARTS) is 1. The lowest BCUT2D eigenvalue weighted by Crippen LogP contribution is -2.34. The lowest BCUT2D eigenvalue weighted by atomic mass is 9.79. The second-order valence-corrected chi connectivity index (χ2v) is 4.36. The third kappa shape index (κ3) is 2.58. The summed E-state index contributed by atoms with van der Waals surface area (Å²) in [6.07, 6.45) is 0.411. The van der Waals surface area contributed by atoms with Crippen LogP contribution in [0.2, 0.25) is 0 Å². The summed E-state index contributed by atoms with van der Waals surface area (Å²) in [6, 6.07) is 5.43. The maximum absolute atomic E-state index is 11.4. The van der Waals surface area contributed by atoms with E-state index in [0.717, 1.165) is 16.9 Å². The smallest absolute Gasteiger partial charge is 0.313 e. The molecular formula is C13H19NO3. The number of aliphatic carboxylic acids is 1. The van der Waals surface area contributed by atoms with E-state index in [-0.39, 0.29) is 0 Å². The first-order chi connectivity index (χ1) is 7.95. The summed E-state index contributed by atoms with van der Waals surface area (Å²) in [5, 5.41) is 9.35. The van der Waals surface area contributed by atoms with Gasteiger partial charge in [-0.25, -0.2) is 0 Å². The van der Waals surface area contributed by atoms with Crippen LogP contribution < -0.4 is 10.5 Å². The molecule has 94 valence electrons. The molecule has 4 nitrogen and oxygen atoms in total. The van der Waals surface area contributed by atoms with Gasteiger partial charge in [-0.15, -0.1) is 0 Å². The highest BCUT2D eigenvalue weighted by molar-refractivity contribution is 5.81. The van der Waals surface area contributed by atoms with E-state index in [2.05, 4.69) is 0 Å². The van der Waals surface area contributed by atoms with Gasteiger partial charge in [-0.2, -0.15) is 0 Å². The van der Waals surface area contributed by atoms with Crippen LogP contribution in [0.3, 0.4) is 0 Å². The second kappa shape index (κ2) is 5.19. The van der Waals surface area contributed by atoms with Crippen molar-refractivity contribution in [3.8, 4) is 5.75 Å². The Balaban J connectivity index is 3.20. The standard InChI is InChI=1S/C13H19NO3/c1-9-8-10(4-5-11(9)17-3)13(2,6-7-14)12(15)16/h4-5,8H,6-7,14H2,1-3H3,(H,15,16). The average molecular weight is 237 g/mol. The first-order valence-corrected chi connectivity index (χ1v) is 5.54. The minimum absolute atomic E-state index is 0.341. The Labute approximate surface area is 101 Å². The molecule has 0 saturated heterocycles. The number of benzene rings is 1. The molecule has 17 heavy (non-hydrogen) atoms. The van der Waals surface area contributed by atoms with Crippen LogP contribution >= 0.6 is 0 Å². The highest BCUT2D eigenvalue weighted by Crippen LogP contribution is 2.31. The molecule has 0 aliphatic carbocycles. The third-order valence-corrected chi connectivity index (χ3v) is 3.15. The summed E-state index contributed by atoms with van der Waals surface area (Å²) in [4.78, 5) is 11.4. The number of carboxylic acids is 1. The summed E-state index contributed by atoms with van der Waals surface area (Å²) in [5.41, 5.74) is 6.24. The molecular weight excluding hydrogens is 218 g/mol. The van der Waals surface area contributed by atoms with E-state index in [9.17, 15) is 9.90 Å². The van der Waals surface area contributed by atoms with E-state index in [1.54, 1.807) is 26.2 Å². The van der Waals surface area contributed by atoms with Gasteiger partial charge in [0.15, 0.2) is 0 Å². The Morgan fingerprint density at radius 2 is 2.18 bits per heavy atom. The predicted molar refractivity (Wildman–Crippen MR) is 66.4 cm³/mol. The highest BCUT2D eigenvalue weighted by Gasteiger charge is 2.34. The summed E-state index contributed by atoms with van der Waals surface area (Å²) < 4.78 is 5.16. The van der Waals surface area contributed by atoms with E-state index < -0.39 is 11.4 Å². The normalized spacial score (nSPS) is 14.1. The predicted octanol–water partition coefficient (Wildman–Crippen LogP) is 1.69. The van der Waals surface area contributed by atoms with Crippen molar-refractivity contribution in [2.45, 2.75) is 25.7 Å². The molecule has 1 unspecified atom stereocenters. The Kier molecular flexibility index (Phi) is 4.12. The van der Waals surface area contributed by atoms with Crippen molar-refractivity contribution >= 4 is 5.97 Å². The van der Waals surface area contributed by atoms with Gasteiger partial charge >= 0.3 is 5.97 Å². The molecule has 0 fully saturated rings. The summed E-state index contributed by atoms with van der Waals surface area (Å²) in [6.45, 7) is 3.93. The van der Waals surface area contributed by atoms with Crippen LogP contribution in [0.1, 0.15) is 24.5 Å². The van der Waals surface area contributed by atoms with Crippen LogP contribution in [0, 0.1) is 6.92 Å². The van der Waals surface area contributed by atoms with E-state index >= 15 is 0 Å². The number of rotatable bonds is 5. The van der Waals surface area contributed by atoms with Crippen molar-refractivity contribution in [1.29, 1.82) is 0 Å². The second-order valence-electron chi connectivity index (χ2n) is 4.36. The average Bonchev–Trinajstić information content (AvgIpc) is 2.28. The van der Waals surface area contributed by atoms with Gasteiger partial charge in [-0.1, -0.05) is 12.1 Å². The van der Waals surface area contributed by atoms with E-state index in [0.29, 0.717) is 13.0 Å². The zero-order valence-corrected chi connectivity index (χ0v) is 10.5. The number of aryl methyl sites for hydroxylation is 1. The molecule has 1 atom stereocenters. The van der Waals surface area contributed by atoms with E-state index in [4.69, 9.17) is 10.5 Å². The largest absolute Gasteiger partial charge is 0.496 e. The highest BCUT2D eigenvalue weighted by atomic mass is 16.5. The lowest BCUT2D eigenvalue weighted by Gasteiger charge is -2.25. The van der Waals surface area contributed by atoms with Crippen molar-refractivity contribution in [2.75, 3.05) is 13.7 Å². The fraction of sp³-hybridized carbons (Fsp3) is 0.462. The number of methoxy groups -OCH3 is 1. The van der Waals surface area contributed by atoms with Gasteiger partial charge in [0.05, 0.1) is 12.5 Å². The maximum atomic E-state index is 11.4. The summed E-state index contributed by atoms with van der Waals surface area (Å²) in [7, 11) is 1.60. The topological polar surface area (TPSA) is 72.5 Å². The molecule has 3 N–H and O–H groups in total. The van der Waals surface area contributed by atoms with Crippen LogP contribution in [0.5, 0.6) is 5.75 Å². The molecule has 1 aromatic carbocycles. The van der Waals surface area contributed by atoms with E-state index in [1.165, 1.54) is 0 Å². The molecule has 1 rings (SSSR count). The Morgan fingerprint density at radius 3 is 2.59 bits per heavy atom. The monoisotopic (exact) mass is 237 g/mol. The Bertz CT molecular complexity index is 417. The van der Waals surface area contributed by atoms with Gasteiger partial charge in [0.1, 0.15) is 5.75 Å². The molecule has 0 aliphatic heterocycles. The van der Waals surface area contributed by atoms with Crippen molar-refractivity contribution in [3.05, 3.63) is 29.3 Å². The molecule has 0 aromatic heterocycles. The van der Waals surface area contributed by atoms with E-state index in [1.807, 2.05) is 13.0 Å². The quantitative estimate of drug-likeness (QED) is 0.817. The van der Waals surface area contributed by atoms with Crippen molar-refractivity contribution in [2.24, 2.45) is 5.73 Å². The lowest BCUT2D eigenvalue weighted by molar-refractivity contribution is -0.143. The van der Waals surface area contributed by atoms with Crippen LogP contribution in [0.4, 0.5) is 0 Å². The number of hydrogen-bond acceptors (Lipinski definition) is 3. The van der Waals surface area contributed by atoms with Crippen LogP contribution in [-0.2, 0) is 10.2 Å². The molecule has 1 aromatic rings. The van der Waals surface area contributed by atoms with Gasteiger partial charge in [-0.05, 0) is 44.0 Å². The molecule has 0 amide bonds. The van der Waals surface area contributed by atoms with Gasteiger partial charge < -0.3 is 15.6 Å². The maximum Gasteiger partial charge on any atom is 0.313 e. The Morgan fingerprint density at radius 1 is 1.53 bits per heavy atom. The van der Waals surface area contributed by atoms with Crippen molar-refractivity contribution in [3.63, 3.8) is 0 Å². The molecule has 0 aliphatic rings. The number of carbonyl (C=O) groups is 1. The molecule has 4 heteroatoms. The Hall–Kier alpha value is -1.55. The molecule has 0 bridgehead atoms. The minimum atomic E-state index is -0.939.